The summed E-state index contributed by atoms with van der Waals surface area (Å²) in [4.78, 5) is 12.8. The highest BCUT2D eigenvalue weighted by Crippen LogP contribution is 2.23. The van der Waals surface area contributed by atoms with Crippen LogP contribution in [0, 0.1) is 6.92 Å². The molecule has 0 unspecified atom stereocenters. The zero-order valence-corrected chi connectivity index (χ0v) is 11.5. The molecular formula is C14H21N3O2. The molecule has 5 heteroatoms. The molecule has 1 saturated heterocycles. The number of ether oxygens (including phenoxy) is 1. The molecule has 1 aliphatic heterocycles. The number of hydrogen-bond acceptors (Lipinski definition) is 3. The van der Waals surface area contributed by atoms with Crippen molar-refractivity contribution in [3.8, 4) is 5.75 Å². The molecule has 0 aliphatic carbocycles. The van der Waals surface area contributed by atoms with E-state index in [0.29, 0.717) is 6.04 Å². The lowest BCUT2D eigenvalue weighted by Crippen LogP contribution is -2.44. The van der Waals surface area contributed by atoms with Gasteiger partial charge in [0.05, 0.1) is 7.11 Å². The molecule has 1 aromatic rings. The molecule has 1 heterocycles. The van der Waals surface area contributed by atoms with Crippen molar-refractivity contribution in [1.29, 1.82) is 0 Å². The number of hydrogen-bond donors (Lipinski definition) is 2. The number of methoxy groups -OCH3 is 1. The number of benzene rings is 1. The first kappa shape index (κ1) is 13.5. The minimum Gasteiger partial charge on any atom is -0.497 e. The van der Waals surface area contributed by atoms with Crippen LogP contribution in [-0.2, 0) is 0 Å². The predicted molar refractivity (Wildman–Crippen MR) is 75.5 cm³/mol. The molecule has 0 bridgehead atoms. The van der Waals surface area contributed by atoms with E-state index in [0.717, 1.165) is 42.9 Å². The molecule has 1 aromatic carbocycles. The molecule has 104 valence electrons. The largest absolute Gasteiger partial charge is 0.497 e. The molecule has 19 heavy (non-hydrogen) atoms. The zero-order valence-electron chi connectivity index (χ0n) is 11.5. The lowest BCUT2D eigenvalue weighted by atomic mass is 10.0. The normalized spacial score (nSPS) is 16.2. The third-order valence-electron chi connectivity index (χ3n) is 3.60. The molecule has 2 rings (SSSR count). The van der Waals surface area contributed by atoms with Gasteiger partial charge in [0.2, 0.25) is 0 Å². The first-order valence-corrected chi connectivity index (χ1v) is 6.55. The van der Waals surface area contributed by atoms with E-state index in [4.69, 9.17) is 10.5 Å². The number of aryl methyl sites for hydroxylation is 1. The molecule has 2 amide bonds. The van der Waals surface area contributed by atoms with Crippen LogP contribution in [0.1, 0.15) is 18.4 Å². The average Bonchev–Trinajstić information content (AvgIpc) is 2.41. The van der Waals surface area contributed by atoms with Gasteiger partial charge in [-0.15, -0.1) is 0 Å². The van der Waals surface area contributed by atoms with Crippen LogP contribution in [0.2, 0.25) is 0 Å². The molecule has 0 radical (unpaired) electrons. The number of primary amides is 1. The molecular weight excluding hydrogens is 242 g/mol. The molecule has 1 fully saturated rings. The Morgan fingerprint density at radius 1 is 1.42 bits per heavy atom. The summed E-state index contributed by atoms with van der Waals surface area (Å²) in [7, 11) is 1.67. The highest BCUT2D eigenvalue weighted by molar-refractivity contribution is 5.72. The third kappa shape index (κ3) is 3.30. The van der Waals surface area contributed by atoms with Crippen LogP contribution in [0.3, 0.4) is 0 Å². The third-order valence-corrected chi connectivity index (χ3v) is 3.60. The number of nitrogens with zero attached hydrogens (tertiary/aromatic N) is 1. The van der Waals surface area contributed by atoms with Crippen molar-refractivity contribution in [2.75, 3.05) is 25.5 Å². The van der Waals surface area contributed by atoms with Gasteiger partial charge in [-0.2, -0.15) is 0 Å². The van der Waals surface area contributed by atoms with Crippen LogP contribution < -0.4 is 15.8 Å². The minimum absolute atomic E-state index is 0.320. The van der Waals surface area contributed by atoms with Gasteiger partial charge >= 0.3 is 6.03 Å². The smallest absolute Gasteiger partial charge is 0.314 e. The molecule has 0 aromatic heterocycles. The number of urea groups is 1. The van der Waals surface area contributed by atoms with E-state index in [-0.39, 0.29) is 6.03 Å². The maximum absolute atomic E-state index is 11.1. The molecule has 5 nitrogen and oxygen atoms in total. The van der Waals surface area contributed by atoms with E-state index in [1.807, 2.05) is 18.2 Å². The van der Waals surface area contributed by atoms with Gasteiger partial charge in [-0.05, 0) is 43.5 Å². The second-order valence-electron chi connectivity index (χ2n) is 4.92. The van der Waals surface area contributed by atoms with Crippen molar-refractivity contribution in [2.45, 2.75) is 25.8 Å². The summed E-state index contributed by atoms with van der Waals surface area (Å²) in [6, 6.07) is 6.07. The van der Waals surface area contributed by atoms with Crippen molar-refractivity contribution in [3.05, 3.63) is 23.8 Å². The Hall–Kier alpha value is -1.91. The summed E-state index contributed by atoms with van der Waals surface area (Å²) >= 11 is 0. The lowest BCUT2D eigenvalue weighted by molar-refractivity contribution is 0.193. The van der Waals surface area contributed by atoms with Crippen LogP contribution in [0.25, 0.3) is 0 Å². The van der Waals surface area contributed by atoms with Crippen LogP contribution in [0.15, 0.2) is 18.2 Å². The topological polar surface area (TPSA) is 67.6 Å². The van der Waals surface area contributed by atoms with E-state index in [2.05, 4.69) is 12.2 Å². The second kappa shape index (κ2) is 5.82. The summed E-state index contributed by atoms with van der Waals surface area (Å²) in [5, 5.41) is 3.53. The second-order valence-corrected chi connectivity index (χ2v) is 4.92. The van der Waals surface area contributed by atoms with E-state index >= 15 is 0 Å². The van der Waals surface area contributed by atoms with Gasteiger partial charge in [-0.3, -0.25) is 0 Å². The SMILES string of the molecule is COc1ccc(NC2CCN(C(N)=O)CC2)c(C)c1. The van der Waals surface area contributed by atoms with Gasteiger partial charge in [0.1, 0.15) is 5.75 Å². The summed E-state index contributed by atoms with van der Waals surface area (Å²) in [6.45, 7) is 3.51. The van der Waals surface area contributed by atoms with Gasteiger partial charge in [0, 0.05) is 24.8 Å². The van der Waals surface area contributed by atoms with Gasteiger partial charge in [0.25, 0.3) is 0 Å². The summed E-state index contributed by atoms with van der Waals surface area (Å²) in [5.41, 5.74) is 7.56. The fraction of sp³-hybridized carbons (Fsp3) is 0.500. The number of nitrogens with two attached hydrogens (primary N) is 1. The number of carbonyl (C=O) groups is 1. The predicted octanol–water partition coefficient (Wildman–Crippen LogP) is 1.96. The summed E-state index contributed by atoms with van der Waals surface area (Å²) in [6.07, 6.45) is 1.85. The standard InChI is InChI=1S/C14H21N3O2/c1-10-9-12(19-2)3-4-13(10)16-11-5-7-17(8-6-11)14(15)18/h3-4,9,11,16H,5-8H2,1-2H3,(H2,15,18). The first-order chi connectivity index (χ1) is 9.10. The lowest BCUT2D eigenvalue weighted by Gasteiger charge is -2.32. The number of rotatable bonds is 3. The van der Waals surface area contributed by atoms with Crippen LogP contribution in [-0.4, -0.2) is 37.2 Å². The number of piperidine rings is 1. The van der Waals surface area contributed by atoms with Gasteiger partial charge in [-0.1, -0.05) is 0 Å². The summed E-state index contributed by atoms with van der Waals surface area (Å²) in [5.74, 6) is 0.867. The van der Waals surface area contributed by atoms with Gasteiger partial charge < -0.3 is 20.7 Å². The molecule has 0 spiro atoms. The van der Waals surface area contributed by atoms with Crippen molar-refractivity contribution >= 4 is 11.7 Å². The number of nitrogens with one attached hydrogen (secondary N) is 1. The van der Waals surface area contributed by atoms with E-state index < -0.39 is 0 Å². The number of anilines is 1. The Bertz CT molecular complexity index is 454. The summed E-state index contributed by atoms with van der Waals surface area (Å²) < 4.78 is 5.19. The van der Waals surface area contributed by atoms with E-state index in [9.17, 15) is 4.79 Å². The highest BCUT2D eigenvalue weighted by atomic mass is 16.5. The van der Waals surface area contributed by atoms with Crippen molar-refractivity contribution in [1.82, 2.24) is 4.90 Å². The zero-order chi connectivity index (χ0) is 13.8. The Kier molecular flexibility index (Phi) is 4.14. The Morgan fingerprint density at radius 3 is 2.63 bits per heavy atom. The maximum atomic E-state index is 11.1. The Morgan fingerprint density at radius 2 is 2.11 bits per heavy atom. The van der Waals surface area contributed by atoms with E-state index in [1.54, 1.807) is 12.0 Å². The minimum atomic E-state index is -0.320. The monoisotopic (exact) mass is 263 g/mol. The van der Waals surface area contributed by atoms with Crippen LogP contribution >= 0.6 is 0 Å². The molecule has 3 N–H and O–H groups in total. The maximum Gasteiger partial charge on any atom is 0.314 e. The first-order valence-electron chi connectivity index (χ1n) is 6.55. The average molecular weight is 263 g/mol. The quantitative estimate of drug-likeness (QED) is 0.876. The Labute approximate surface area is 113 Å². The van der Waals surface area contributed by atoms with Crippen LogP contribution in [0.5, 0.6) is 5.75 Å². The Balaban J connectivity index is 1.94. The number of likely N-dealkylation sites (tertiary alicyclic amines) is 1. The van der Waals surface area contributed by atoms with Crippen molar-refractivity contribution in [2.24, 2.45) is 5.73 Å². The molecule has 0 atom stereocenters. The van der Waals surface area contributed by atoms with Gasteiger partial charge in [-0.25, -0.2) is 4.79 Å². The fourth-order valence-electron chi connectivity index (χ4n) is 2.39. The number of carbonyl (C=O) groups excluding carboxylic acids is 1. The van der Waals surface area contributed by atoms with Crippen molar-refractivity contribution in [3.63, 3.8) is 0 Å². The highest BCUT2D eigenvalue weighted by Gasteiger charge is 2.21. The molecule has 1 aliphatic rings. The van der Waals surface area contributed by atoms with Crippen molar-refractivity contribution < 1.29 is 9.53 Å². The fourth-order valence-corrected chi connectivity index (χ4v) is 2.39. The van der Waals surface area contributed by atoms with Gasteiger partial charge in [0.15, 0.2) is 0 Å². The molecule has 0 saturated carbocycles. The number of amides is 2. The van der Waals surface area contributed by atoms with Crippen LogP contribution in [0.4, 0.5) is 10.5 Å². The van der Waals surface area contributed by atoms with E-state index in [1.165, 1.54) is 0 Å².